The second kappa shape index (κ2) is 4.61. The summed E-state index contributed by atoms with van der Waals surface area (Å²) in [7, 11) is 0. The van der Waals surface area contributed by atoms with Gasteiger partial charge in [0.05, 0.1) is 5.41 Å². The monoisotopic (exact) mass is 258 g/mol. The van der Waals surface area contributed by atoms with Crippen molar-refractivity contribution in [1.29, 1.82) is 0 Å². The van der Waals surface area contributed by atoms with Gasteiger partial charge in [0.2, 0.25) is 5.91 Å². The first kappa shape index (κ1) is 12.9. The van der Waals surface area contributed by atoms with Crippen molar-refractivity contribution in [2.24, 2.45) is 11.1 Å². The van der Waals surface area contributed by atoms with Crippen molar-refractivity contribution in [2.75, 3.05) is 11.9 Å². The number of nitrogens with two attached hydrogens (primary N) is 1. The highest BCUT2D eigenvalue weighted by Gasteiger charge is 2.43. The van der Waals surface area contributed by atoms with Crippen molar-refractivity contribution in [3.8, 4) is 0 Å². The zero-order valence-electron chi connectivity index (χ0n) is 9.60. The van der Waals surface area contributed by atoms with Crippen LogP contribution in [0.15, 0.2) is 12.1 Å². The zero-order valence-corrected chi connectivity index (χ0v) is 9.60. The zero-order chi connectivity index (χ0) is 13.3. The molecule has 0 atom stereocenters. The molecule has 6 heteroatoms. The molecule has 1 aromatic carbocycles. The highest BCUT2D eigenvalue weighted by atomic mass is 19.1. The van der Waals surface area contributed by atoms with Gasteiger partial charge in [-0.05, 0) is 12.8 Å². The lowest BCUT2D eigenvalue weighted by Crippen LogP contribution is -2.47. The number of halogens is 3. The Kier molecular flexibility index (Phi) is 3.30. The average molecular weight is 258 g/mol. The molecule has 18 heavy (non-hydrogen) atoms. The number of nitrogens with one attached hydrogen (secondary N) is 1. The third-order valence-corrected chi connectivity index (χ3v) is 3.43. The van der Waals surface area contributed by atoms with E-state index in [2.05, 4.69) is 5.32 Å². The summed E-state index contributed by atoms with van der Waals surface area (Å²) >= 11 is 0. The molecular formula is C12H13F3N2O. The lowest BCUT2D eigenvalue weighted by Gasteiger charge is -2.39. The maximum absolute atomic E-state index is 13.4. The molecule has 2 rings (SSSR count). The Bertz CT molecular complexity index is 458. The van der Waals surface area contributed by atoms with E-state index in [-0.39, 0.29) is 6.54 Å². The van der Waals surface area contributed by atoms with Crippen LogP contribution in [-0.4, -0.2) is 12.5 Å². The normalized spacial score (nSPS) is 17.1. The minimum Gasteiger partial charge on any atom is -0.329 e. The van der Waals surface area contributed by atoms with Crippen molar-refractivity contribution in [2.45, 2.75) is 19.3 Å². The first-order valence-electron chi connectivity index (χ1n) is 5.64. The van der Waals surface area contributed by atoms with Crippen LogP contribution in [-0.2, 0) is 4.79 Å². The fourth-order valence-electron chi connectivity index (χ4n) is 2.04. The van der Waals surface area contributed by atoms with E-state index in [0.717, 1.165) is 6.42 Å². The Morgan fingerprint density at radius 3 is 2.22 bits per heavy atom. The van der Waals surface area contributed by atoms with Gasteiger partial charge in [-0.3, -0.25) is 4.79 Å². The fraction of sp³-hybridized carbons (Fsp3) is 0.417. The number of benzene rings is 1. The summed E-state index contributed by atoms with van der Waals surface area (Å²) < 4.78 is 39.4. The summed E-state index contributed by atoms with van der Waals surface area (Å²) in [5.74, 6) is -3.81. The molecule has 0 saturated heterocycles. The lowest BCUT2D eigenvalue weighted by molar-refractivity contribution is -0.129. The molecule has 3 N–H and O–H groups in total. The standard InChI is InChI=1S/C12H13F3N2O/c13-7-4-8(14)10(9(15)5-7)17-11(18)12(6-16)2-1-3-12/h4-5H,1-3,6,16H2,(H,17,18). The van der Waals surface area contributed by atoms with E-state index in [1.807, 2.05) is 0 Å². The molecule has 1 amide bonds. The van der Waals surface area contributed by atoms with Crippen LogP contribution >= 0.6 is 0 Å². The minimum absolute atomic E-state index is 0.128. The quantitative estimate of drug-likeness (QED) is 0.873. The molecule has 0 bridgehead atoms. The first-order valence-corrected chi connectivity index (χ1v) is 5.64. The SMILES string of the molecule is NCC1(C(=O)Nc2c(F)cc(F)cc2F)CCC1. The maximum Gasteiger partial charge on any atom is 0.232 e. The van der Waals surface area contributed by atoms with E-state index in [4.69, 9.17) is 5.73 Å². The lowest BCUT2D eigenvalue weighted by atomic mass is 9.68. The second-order valence-corrected chi connectivity index (χ2v) is 4.54. The summed E-state index contributed by atoms with van der Waals surface area (Å²) in [6.07, 6.45) is 2.05. The van der Waals surface area contributed by atoms with Gasteiger partial charge in [-0.25, -0.2) is 13.2 Å². The van der Waals surface area contributed by atoms with Gasteiger partial charge in [-0.15, -0.1) is 0 Å². The molecule has 0 aromatic heterocycles. The van der Waals surface area contributed by atoms with Gasteiger partial charge >= 0.3 is 0 Å². The van der Waals surface area contributed by atoms with Crippen molar-refractivity contribution in [1.82, 2.24) is 0 Å². The molecule has 0 spiro atoms. The van der Waals surface area contributed by atoms with Gasteiger partial charge in [0.1, 0.15) is 11.5 Å². The van der Waals surface area contributed by atoms with E-state index in [0.29, 0.717) is 25.0 Å². The van der Waals surface area contributed by atoms with E-state index in [1.165, 1.54) is 0 Å². The van der Waals surface area contributed by atoms with Crippen LogP contribution in [0.3, 0.4) is 0 Å². The van der Waals surface area contributed by atoms with E-state index < -0.39 is 34.5 Å². The van der Waals surface area contributed by atoms with E-state index >= 15 is 0 Å². The molecule has 0 aliphatic heterocycles. The molecule has 3 nitrogen and oxygen atoms in total. The summed E-state index contributed by atoms with van der Waals surface area (Å²) in [5, 5.41) is 2.16. The summed E-state index contributed by atoms with van der Waals surface area (Å²) in [6, 6.07) is 1.04. The van der Waals surface area contributed by atoms with Crippen LogP contribution in [0.25, 0.3) is 0 Å². The molecular weight excluding hydrogens is 245 g/mol. The van der Waals surface area contributed by atoms with Crippen molar-refractivity contribution >= 4 is 11.6 Å². The topological polar surface area (TPSA) is 55.1 Å². The Morgan fingerprint density at radius 2 is 1.83 bits per heavy atom. The van der Waals surface area contributed by atoms with Gasteiger partial charge in [-0.2, -0.15) is 0 Å². The van der Waals surface area contributed by atoms with Gasteiger partial charge in [0.25, 0.3) is 0 Å². The molecule has 98 valence electrons. The van der Waals surface area contributed by atoms with E-state index in [1.54, 1.807) is 0 Å². The van der Waals surface area contributed by atoms with Crippen LogP contribution in [0.2, 0.25) is 0 Å². The summed E-state index contributed by atoms with van der Waals surface area (Å²) in [5.41, 5.74) is 4.15. The van der Waals surface area contributed by atoms with Gasteiger partial charge in [0, 0.05) is 18.7 Å². The number of carbonyl (C=O) groups excluding carboxylic acids is 1. The Labute approximate surface area is 102 Å². The van der Waals surface area contributed by atoms with Crippen LogP contribution in [0, 0.1) is 22.9 Å². The molecule has 1 aliphatic carbocycles. The van der Waals surface area contributed by atoms with Crippen molar-refractivity contribution < 1.29 is 18.0 Å². The fourth-order valence-corrected chi connectivity index (χ4v) is 2.04. The first-order chi connectivity index (χ1) is 8.48. The highest BCUT2D eigenvalue weighted by molar-refractivity contribution is 5.96. The van der Waals surface area contributed by atoms with Crippen LogP contribution < -0.4 is 11.1 Å². The largest absolute Gasteiger partial charge is 0.329 e. The number of anilines is 1. The minimum atomic E-state index is -1.13. The molecule has 1 fully saturated rings. The second-order valence-electron chi connectivity index (χ2n) is 4.54. The summed E-state index contributed by atoms with van der Waals surface area (Å²) in [4.78, 5) is 11.9. The van der Waals surface area contributed by atoms with Gasteiger partial charge in [0.15, 0.2) is 11.6 Å². The summed E-state index contributed by atoms with van der Waals surface area (Å²) in [6.45, 7) is 0.128. The number of amides is 1. The number of carbonyl (C=O) groups is 1. The maximum atomic E-state index is 13.4. The molecule has 1 aliphatic rings. The molecule has 1 saturated carbocycles. The smallest absolute Gasteiger partial charge is 0.232 e. The number of hydrogen-bond acceptors (Lipinski definition) is 2. The number of hydrogen-bond donors (Lipinski definition) is 2. The molecule has 0 heterocycles. The molecule has 1 aromatic rings. The van der Waals surface area contributed by atoms with Crippen LogP contribution in [0.5, 0.6) is 0 Å². The predicted octanol–water partition coefficient (Wildman–Crippen LogP) is 2.17. The van der Waals surface area contributed by atoms with E-state index in [9.17, 15) is 18.0 Å². The number of rotatable bonds is 3. The predicted molar refractivity (Wildman–Crippen MR) is 60.3 cm³/mol. The highest BCUT2D eigenvalue weighted by Crippen LogP contribution is 2.41. The Hall–Kier alpha value is -1.56. The average Bonchev–Trinajstić information content (AvgIpc) is 2.22. The third kappa shape index (κ3) is 2.08. The van der Waals surface area contributed by atoms with Gasteiger partial charge in [-0.1, -0.05) is 6.42 Å². The Balaban J connectivity index is 2.22. The Morgan fingerprint density at radius 1 is 1.28 bits per heavy atom. The van der Waals surface area contributed by atoms with Crippen molar-refractivity contribution in [3.05, 3.63) is 29.6 Å². The molecule has 0 radical (unpaired) electrons. The molecule has 0 unspecified atom stereocenters. The third-order valence-electron chi connectivity index (χ3n) is 3.43. The van der Waals surface area contributed by atoms with Crippen LogP contribution in [0.4, 0.5) is 18.9 Å². The van der Waals surface area contributed by atoms with Crippen molar-refractivity contribution in [3.63, 3.8) is 0 Å². The van der Waals surface area contributed by atoms with Crippen LogP contribution in [0.1, 0.15) is 19.3 Å². The van der Waals surface area contributed by atoms with Gasteiger partial charge < -0.3 is 11.1 Å².